The number of nitrogens with zero attached hydrogens (tertiary/aromatic N) is 1. The molecule has 1 aliphatic heterocycles. The van der Waals surface area contributed by atoms with Gasteiger partial charge in [-0.15, -0.1) is 0 Å². The number of nitrogens with one attached hydrogen (secondary N) is 2. The van der Waals surface area contributed by atoms with Crippen molar-refractivity contribution in [2.24, 2.45) is 23.2 Å². The van der Waals surface area contributed by atoms with Crippen molar-refractivity contribution < 1.29 is 23.9 Å². The molecule has 182 valence electrons. The molecule has 34 heavy (non-hydrogen) atoms. The summed E-state index contributed by atoms with van der Waals surface area (Å²) < 4.78 is 5.04. The third-order valence-electron chi connectivity index (χ3n) is 8.01. The summed E-state index contributed by atoms with van der Waals surface area (Å²) in [6.45, 7) is 0.00399. The van der Waals surface area contributed by atoms with Crippen LogP contribution in [0.3, 0.4) is 0 Å². The summed E-state index contributed by atoms with van der Waals surface area (Å²) >= 11 is 0. The fourth-order valence-electron chi connectivity index (χ4n) is 7.15. The Morgan fingerprint density at radius 3 is 2.38 bits per heavy atom. The first kappa shape index (κ1) is 22.9. The van der Waals surface area contributed by atoms with Crippen molar-refractivity contribution >= 4 is 35.1 Å². The maximum atomic E-state index is 12.5. The van der Waals surface area contributed by atoms with E-state index in [1.807, 2.05) is 6.07 Å². The van der Waals surface area contributed by atoms with Gasteiger partial charge in [0.1, 0.15) is 6.54 Å². The quantitative estimate of drug-likeness (QED) is 0.572. The molecular weight excluding hydrogens is 434 g/mol. The molecule has 2 N–H and O–H groups in total. The lowest BCUT2D eigenvalue weighted by Crippen LogP contribution is -2.48. The van der Waals surface area contributed by atoms with Crippen LogP contribution in [0.1, 0.15) is 57.8 Å². The van der Waals surface area contributed by atoms with E-state index in [9.17, 15) is 19.2 Å². The van der Waals surface area contributed by atoms with E-state index in [-0.39, 0.29) is 23.8 Å². The third kappa shape index (κ3) is 5.10. The van der Waals surface area contributed by atoms with E-state index < -0.39 is 18.5 Å². The SMILES string of the molecule is O=C(CC12CC3CC(CC(C3)C1)C2)NCC(=O)OCC(=O)Nc1cccc(N2CCCC2=O)c1. The van der Waals surface area contributed by atoms with Crippen molar-refractivity contribution in [1.82, 2.24) is 5.32 Å². The zero-order valence-corrected chi connectivity index (χ0v) is 19.5. The molecule has 8 heteroatoms. The highest BCUT2D eigenvalue weighted by atomic mass is 16.5. The molecule has 0 unspecified atom stereocenters. The van der Waals surface area contributed by atoms with E-state index >= 15 is 0 Å². The van der Waals surface area contributed by atoms with Crippen LogP contribution in [0.2, 0.25) is 0 Å². The van der Waals surface area contributed by atoms with Gasteiger partial charge in [0.2, 0.25) is 11.8 Å². The highest BCUT2D eigenvalue weighted by Gasteiger charge is 2.51. The van der Waals surface area contributed by atoms with Gasteiger partial charge in [0.05, 0.1) is 0 Å². The first-order valence-corrected chi connectivity index (χ1v) is 12.5. The van der Waals surface area contributed by atoms with Crippen molar-refractivity contribution in [3.8, 4) is 0 Å². The molecule has 1 saturated heterocycles. The van der Waals surface area contributed by atoms with Crippen molar-refractivity contribution in [3.05, 3.63) is 24.3 Å². The summed E-state index contributed by atoms with van der Waals surface area (Å²) in [5.74, 6) is 1.19. The van der Waals surface area contributed by atoms with E-state index in [2.05, 4.69) is 10.6 Å². The predicted octanol–water partition coefficient (Wildman–Crippen LogP) is 3.02. The fraction of sp³-hybridized carbons (Fsp3) is 0.615. The Morgan fingerprint density at radius 2 is 1.74 bits per heavy atom. The number of hydrogen-bond acceptors (Lipinski definition) is 5. The molecule has 1 aromatic rings. The summed E-state index contributed by atoms with van der Waals surface area (Å²) in [5.41, 5.74) is 1.39. The second-order valence-electron chi connectivity index (χ2n) is 10.8. The smallest absolute Gasteiger partial charge is 0.325 e. The van der Waals surface area contributed by atoms with Gasteiger partial charge in [-0.05, 0) is 86.3 Å². The van der Waals surface area contributed by atoms with Crippen LogP contribution in [0.25, 0.3) is 0 Å². The molecular formula is C26H33N3O5. The van der Waals surface area contributed by atoms with Crippen LogP contribution in [0.5, 0.6) is 0 Å². The molecule has 4 bridgehead atoms. The topological polar surface area (TPSA) is 105 Å². The first-order valence-electron chi connectivity index (χ1n) is 12.5. The standard InChI is InChI=1S/C26H33N3O5/c30-22(14-26-11-17-7-18(12-26)9-19(8-17)13-26)27-15-25(33)34-16-23(31)28-20-3-1-4-21(10-20)29-6-2-5-24(29)32/h1,3-4,10,17-19H,2,5-9,11-16H2,(H,27,30)(H,28,31). The van der Waals surface area contributed by atoms with Gasteiger partial charge >= 0.3 is 5.97 Å². The summed E-state index contributed by atoms with van der Waals surface area (Å²) in [5, 5.41) is 5.38. The molecule has 4 aliphatic carbocycles. The molecule has 0 spiro atoms. The minimum Gasteiger partial charge on any atom is -0.454 e. The van der Waals surface area contributed by atoms with Gasteiger partial charge in [0, 0.05) is 30.8 Å². The normalized spacial score (nSPS) is 29.2. The number of ether oxygens (including phenoxy) is 1. The van der Waals surface area contributed by atoms with Crippen LogP contribution in [-0.2, 0) is 23.9 Å². The summed E-state index contributed by atoms with van der Waals surface area (Å²) in [7, 11) is 0. The van der Waals surface area contributed by atoms with Gasteiger partial charge in [-0.3, -0.25) is 19.2 Å². The van der Waals surface area contributed by atoms with Gasteiger partial charge in [0.15, 0.2) is 6.61 Å². The molecule has 6 rings (SSSR count). The number of anilines is 2. The molecule has 3 amide bonds. The first-order chi connectivity index (χ1) is 16.4. The molecule has 8 nitrogen and oxygen atoms in total. The highest BCUT2D eigenvalue weighted by Crippen LogP contribution is 2.61. The average molecular weight is 468 g/mol. The van der Waals surface area contributed by atoms with Crippen molar-refractivity contribution in [1.29, 1.82) is 0 Å². The zero-order chi connectivity index (χ0) is 23.7. The van der Waals surface area contributed by atoms with Crippen LogP contribution in [0.15, 0.2) is 24.3 Å². The van der Waals surface area contributed by atoms with Crippen molar-refractivity contribution in [2.45, 2.75) is 57.8 Å². The molecule has 1 heterocycles. The Bertz CT molecular complexity index is 955. The van der Waals surface area contributed by atoms with Crippen LogP contribution < -0.4 is 15.5 Å². The van der Waals surface area contributed by atoms with Gasteiger partial charge < -0.3 is 20.3 Å². The van der Waals surface area contributed by atoms with Gasteiger partial charge in [-0.25, -0.2) is 0 Å². The van der Waals surface area contributed by atoms with Crippen LogP contribution >= 0.6 is 0 Å². The van der Waals surface area contributed by atoms with Crippen molar-refractivity contribution in [2.75, 3.05) is 29.9 Å². The summed E-state index contributed by atoms with van der Waals surface area (Å²) in [6.07, 6.45) is 9.26. The van der Waals surface area contributed by atoms with Gasteiger partial charge in [-0.2, -0.15) is 0 Å². The zero-order valence-electron chi connectivity index (χ0n) is 19.5. The number of rotatable bonds is 8. The maximum absolute atomic E-state index is 12.5. The summed E-state index contributed by atoms with van der Waals surface area (Å²) in [6, 6.07) is 7.04. The lowest BCUT2D eigenvalue weighted by molar-refractivity contribution is -0.147. The second kappa shape index (κ2) is 9.39. The Kier molecular flexibility index (Phi) is 6.32. The van der Waals surface area contributed by atoms with Crippen LogP contribution in [0.4, 0.5) is 11.4 Å². The monoisotopic (exact) mass is 467 g/mol. The molecule has 0 atom stereocenters. The van der Waals surface area contributed by atoms with Crippen LogP contribution in [0, 0.1) is 23.2 Å². The Balaban J connectivity index is 1.03. The molecule has 0 radical (unpaired) electrons. The van der Waals surface area contributed by atoms with Gasteiger partial charge in [-0.1, -0.05) is 6.07 Å². The molecule has 0 aromatic heterocycles. The van der Waals surface area contributed by atoms with E-state index in [1.165, 1.54) is 19.3 Å². The number of hydrogen-bond donors (Lipinski definition) is 2. The number of carbonyl (C=O) groups is 4. The van der Waals surface area contributed by atoms with Gasteiger partial charge in [0.25, 0.3) is 5.91 Å². The second-order valence-corrected chi connectivity index (χ2v) is 10.8. The predicted molar refractivity (Wildman–Crippen MR) is 126 cm³/mol. The number of amides is 3. The van der Waals surface area contributed by atoms with Crippen LogP contribution in [-0.4, -0.2) is 43.4 Å². The minimum absolute atomic E-state index is 0.0719. The lowest BCUT2D eigenvalue weighted by Gasteiger charge is -2.56. The average Bonchev–Trinajstić information content (AvgIpc) is 3.21. The van der Waals surface area contributed by atoms with E-state index in [0.717, 1.165) is 49.1 Å². The number of carbonyl (C=O) groups excluding carboxylic acids is 4. The molecule has 1 aromatic carbocycles. The third-order valence-corrected chi connectivity index (χ3v) is 8.01. The highest BCUT2D eigenvalue weighted by molar-refractivity contribution is 5.97. The molecule has 5 aliphatic rings. The van der Waals surface area contributed by atoms with E-state index in [4.69, 9.17) is 4.74 Å². The fourth-order valence-corrected chi connectivity index (χ4v) is 7.15. The lowest BCUT2D eigenvalue weighted by atomic mass is 9.49. The molecule has 5 fully saturated rings. The van der Waals surface area contributed by atoms with Crippen molar-refractivity contribution in [3.63, 3.8) is 0 Å². The number of benzene rings is 1. The Morgan fingerprint density at radius 1 is 1.03 bits per heavy atom. The Hall–Kier alpha value is -2.90. The molecule has 4 saturated carbocycles. The Labute approximate surface area is 199 Å². The minimum atomic E-state index is -0.634. The summed E-state index contributed by atoms with van der Waals surface area (Å²) in [4.78, 5) is 50.5. The van der Waals surface area contributed by atoms with E-state index in [1.54, 1.807) is 23.1 Å². The maximum Gasteiger partial charge on any atom is 0.325 e. The number of esters is 1. The van der Waals surface area contributed by atoms with E-state index in [0.29, 0.717) is 25.1 Å². The largest absolute Gasteiger partial charge is 0.454 e.